The SMILES string of the molecule is CNC1CCN(c2cc(F)ccc2Nc2cc(F)c(SNc3ncc(C)cn3)cc2C)C1. The average molecular weight is 457 g/mol. The quantitative estimate of drug-likeness (QED) is 0.431. The number of hydrogen-bond donors (Lipinski definition) is 3. The lowest BCUT2D eigenvalue weighted by atomic mass is 10.1. The number of benzene rings is 2. The first-order chi connectivity index (χ1) is 15.4. The smallest absolute Gasteiger partial charge is 0.233 e. The highest BCUT2D eigenvalue weighted by Crippen LogP contribution is 2.35. The molecule has 0 saturated carbocycles. The van der Waals surface area contributed by atoms with E-state index in [4.69, 9.17) is 0 Å². The number of aryl methyl sites for hydroxylation is 2. The monoisotopic (exact) mass is 456 g/mol. The van der Waals surface area contributed by atoms with Crippen molar-refractivity contribution in [2.45, 2.75) is 31.2 Å². The van der Waals surface area contributed by atoms with Crippen LogP contribution in [0, 0.1) is 25.5 Å². The molecule has 1 saturated heterocycles. The topological polar surface area (TPSA) is 65.1 Å². The van der Waals surface area contributed by atoms with E-state index in [1.807, 2.05) is 20.9 Å². The van der Waals surface area contributed by atoms with Gasteiger partial charge in [0, 0.05) is 37.2 Å². The summed E-state index contributed by atoms with van der Waals surface area (Å²) in [5.74, 6) is -0.249. The molecule has 1 atom stereocenters. The van der Waals surface area contributed by atoms with E-state index in [0.717, 1.165) is 54.0 Å². The summed E-state index contributed by atoms with van der Waals surface area (Å²) in [4.78, 5) is 10.9. The molecule has 1 aromatic heterocycles. The molecule has 0 spiro atoms. The lowest BCUT2D eigenvalue weighted by Crippen LogP contribution is -2.29. The molecule has 0 amide bonds. The molecule has 168 valence electrons. The van der Waals surface area contributed by atoms with Gasteiger partial charge in [-0.1, -0.05) is 0 Å². The molecule has 32 heavy (non-hydrogen) atoms. The van der Waals surface area contributed by atoms with Crippen LogP contribution in [-0.2, 0) is 0 Å². The maximum atomic E-state index is 14.8. The number of halogens is 2. The predicted molar refractivity (Wildman–Crippen MR) is 127 cm³/mol. The van der Waals surface area contributed by atoms with Gasteiger partial charge in [-0.2, -0.15) is 0 Å². The lowest BCUT2D eigenvalue weighted by Gasteiger charge is -2.23. The zero-order valence-electron chi connectivity index (χ0n) is 18.2. The fourth-order valence-corrected chi connectivity index (χ4v) is 4.34. The fraction of sp³-hybridized carbons (Fsp3) is 0.304. The van der Waals surface area contributed by atoms with Gasteiger partial charge in [0.2, 0.25) is 5.95 Å². The molecule has 0 aliphatic carbocycles. The largest absolute Gasteiger partial charge is 0.368 e. The van der Waals surface area contributed by atoms with E-state index < -0.39 is 0 Å². The standard InChI is InChI=1S/C23H26F2N6S/c1-14-11-27-23(28-12-14)30-32-22-8-15(2)20(10-18(22)25)29-19-5-4-16(24)9-21(19)31-7-6-17(13-31)26-3/h4-5,8-12,17,26,29H,6-7,13H2,1-3H3,(H,27,28,30). The highest BCUT2D eigenvalue weighted by molar-refractivity contribution is 8.00. The Labute approximate surface area is 191 Å². The fourth-order valence-electron chi connectivity index (χ4n) is 3.65. The van der Waals surface area contributed by atoms with Gasteiger partial charge in [-0.15, -0.1) is 0 Å². The normalized spacial score (nSPS) is 15.8. The van der Waals surface area contributed by atoms with Gasteiger partial charge >= 0.3 is 0 Å². The molecule has 1 unspecified atom stereocenters. The predicted octanol–water partition coefficient (Wildman–Crippen LogP) is 5.03. The first-order valence-electron chi connectivity index (χ1n) is 10.4. The number of nitrogens with zero attached hydrogens (tertiary/aromatic N) is 3. The first-order valence-corrected chi connectivity index (χ1v) is 11.2. The van der Waals surface area contributed by atoms with Gasteiger partial charge in [0.15, 0.2) is 0 Å². The molecule has 2 heterocycles. The molecule has 2 aromatic carbocycles. The molecule has 4 rings (SSSR count). The molecule has 0 bridgehead atoms. The van der Waals surface area contributed by atoms with Crippen LogP contribution in [0.5, 0.6) is 0 Å². The number of nitrogens with one attached hydrogen (secondary N) is 3. The second-order valence-electron chi connectivity index (χ2n) is 7.89. The van der Waals surface area contributed by atoms with Crippen LogP contribution in [0.1, 0.15) is 17.5 Å². The second-order valence-corrected chi connectivity index (χ2v) is 8.74. The zero-order valence-corrected chi connectivity index (χ0v) is 19.1. The Bertz CT molecular complexity index is 1090. The Morgan fingerprint density at radius 3 is 2.56 bits per heavy atom. The third-order valence-electron chi connectivity index (χ3n) is 5.48. The van der Waals surface area contributed by atoms with Crippen LogP contribution in [-0.4, -0.2) is 36.1 Å². The van der Waals surface area contributed by atoms with Crippen molar-refractivity contribution in [1.29, 1.82) is 0 Å². The van der Waals surface area contributed by atoms with Crippen molar-refractivity contribution < 1.29 is 8.78 Å². The summed E-state index contributed by atoms with van der Waals surface area (Å²) in [5.41, 5.74) is 3.98. The molecule has 6 nitrogen and oxygen atoms in total. The number of likely N-dealkylation sites (N-methyl/N-ethyl adjacent to an activating group) is 1. The van der Waals surface area contributed by atoms with Gasteiger partial charge in [0.05, 0.1) is 16.3 Å². The van der Waals surface area contributed by atoms with E-state index in [-0.39, 0.29) is 11.6 Å². The minimum Gasteiger partial charge on any atom is -0.368 e. The molecule has 1 aliphatic heterocycles. The van der Waals surface area contributed by atoms with Crippen LogP contribution < -0.4 is 20.3 Å². The van der Waals surface area contributed by atoms with Crippen LogP contribution >= 0.6 is 11.9 Å². The van der Waals surface area contributed by atoms with Gasteiger partial charge in [0.1, 0.15) is 11.6 Å². The van der Waals surface area contributed by atoms with Crippen LogP contribution in [0.15, 0.2) is 47.6 Å². The van der Waals surface area contributed by atoms with E-state index in [1.165, 1.54) is 18.2 Å². The first kappa shape index (κ1) is 22.3. The lowest BCUT2D eigenvalue weighted by molar-refractivity contribution is 0.602. The Morgan fingerprint density at radius 1 is 1.06 bits per heavy atom. The summed E-state index contributed by atoms with van der Waals surface area (Å²) in [5, 5.41) is 6.58. The van der Waals surface area contributed by atoms with Crippen molar-refractivity contribution in [2.24, 2.45) is 0 Å². The Morgan fingerprint density at radius 2 is 1.84 bits per heavy atom. The molecule has 0 radical (unpaired) electrons. The van der Waals surface area contributed by atoms with Gasteiger partial charge in [-0.25, -0.2) is 18.7 Å². The van der Waals surface area contributed by atoms with Crippen LogP contribution in [0.25, 0.3) is 0 Å². The second kappa shape index (κ2) is 9.70. The Hall–Kier alpha value is -2.91. The number of anilines is 4. The van der Waals surface area contributed by atoms with Crippen LogP contribution in [0.2, 0.25) is 0 Å². The van der Waals surface area contributed by atoms with Crippen molar-refractivity contribution in [1.82, 2.24) is 15.3 Å². The van der Waals surface area contributed by atoms with Crippen LogP contribution in [0.4, 0.5) is 31.8 Å². The minimum atomic E-state index is -0.372. The number of aromatic nitrogens is 2. The summed E-state index contributed by atoms with van der Waals surface area (Å²) in [6.45, 7) is 5.44. The molecular formula is C23H26F2N6S. The average Bonchev–Trinajstić information content (AvgIpc) is 3.26. The molecule has 1 aliphatic rings. The van der Waals surface area contributed by atoms with E-state index in [2.05, 4.69) is 30.2 Å². The maximum absolute atomic E-state index is 14.8. The number of rotatable bonds is 7. The maximum Gasteiger partial charge on any atom is 0.233 e. The van der Waals surface area contributed by atoms with Gasteiger partial charge in [-0.3, -0.25) is 4.72 Å². The Kier molecular flexibility index (Phi) is 6.76. The van der Waals surface area contributed by atoms with E-state index in [0.29, 0.717) is 22.6 Å². The van der Waals surface area contributed by atoms with E-state index >= 15 is 0 Å². The van der Waals surface area contributed by atoms with Crippen molar-refractivity contribution >= 4 is 35.0 Å². The summed E-state index contributed by atoms with van der Waals surface area (Å²) in [6, 6.07) is 8.24. The number of hydrogen-bond acceptors (Lipinski definition) is 7. The third-order valence-corrected chi connectivity index (χ3v) is 6.30. The molecule has 9 heteroatoms. The van der Waals surface area contributed by atoms with Crippen molar-refractivity contribution in [3.05, 3.63) is 65.5 Å². The van der Waals surface area contributed by atoms with Crippen molar-refractivity contribution in [2.75, 3.05) is 35.1 Å². The Balaban J connectivity index is 1.52. The molecular weight excluding hydrogens is 430 g/mol. The summed E-state index contributed by atoms with van der Waals surface area (Å²) >= 11 is 1.12. The van der Waals surface area contributed by atoms with Crippen LogP contribution in [0.3, 0.4) is 0 Å². The molecule has 3 N–H and O–H groups in total. The summed E-state index contributed by atoms with van der Waals surface area (Å²) < 4.78 is 31.8. The van der Waals surface area contributed by atoms with Crippen molar-refractivity contribution in [3.8, 4) is 0 Å². The third kappa shape index (κ3) is 5.11. The summed E-state index contributed by atoms with van der Waals surface area (Å²) in [6.07, 6.45) is 4.39. The highest BCUT2D eigenvalue weighted by atomic mass is 32.2. The molecule has 3 aromatic rings. The minimum absolute atomic E-state index is 0.294. The van der Waals surface area contributed by atoms with Gasteiger partial charge in [-0.05, 0) is 80.7 Å². The highest BCUT2D eigenvalue weighted by Gasteiger charge is 2.24. The van der Waals surface area contributed by atoms with E-state index in [1.54, 1.807) is 24.5 Å². The molecule has 1 fully saturated rings. The van der Waals surface area contributed by atoms with E-state index in [9.17, 15) is 8.78 Å². The zero-order chi connectivity index (χ0) is 22.7. The summed E-state index contributed by atoms with van der Waals surface area (Å²) in [7, 11) is 1.93. The van der Waals surface area contributed by atoms with Gasteiger partial charge < -0.3 is 15.5 Å². The van der Waals surface area contributed by atoms with Crippen molar-refractivity contribution in [3.63, 3.8) is 0 Å². The van der Waals surface area contributed by atoms with Gasteiger partial charge in [0.25, 0.3) is 0 Å².